The van der Waals surface area contributed by atoms with Gasteiger partial charge >= 0.3 is 5.97 Å². The smallest absolute Gasteiger partial charge is 0.353 e. The zero-order chi connectivity index (χ0) is 28.5. The predicted octanol–water partition coefficient (Wildman–Crippen LogP) is 3.06. The van der Waals surface area contributed by atoms with E-state index in [9.17, 15) is 19.5 Å². The van der Waals surface area contributed by atoms with Gasteiger partial charge in [-0.05, 0) is 43.9 Å². The zero-order valence-electron chi connectivity index (χ0n) is 21.5. The third-order valence-electron chi connectivity index (χ3n) is 6.83. The van der Waals surface area contributed by atoms with Gasteiger partial charge in [-0.3, -0.25) is 14.5 Å². The highest BCUT2D eigenvalue weighted by Gasteiger charge is 2.54. The number of hydrogen-bond acceptors (Lipinski definition) is 11. The second kappa shape index (κ2) is 11.6. The highest BCUT2D eigenvalue weighted by Crippen LogP contribution is 2.45. The van der Waals surface area contributed by atoms with Crippen LogP contribution in [-0.2, 0) is 19.2 Å². The minimum atomic E-state index is -1.22. The molecule has 2 atom stereocenters. The summed E-state index contributed by atoms with van der Waals surface area (Å²) in [6.07, 6.45) is 5.32. The summed E-state index contributed by atoms with van der Waals surface area (Å²) in [6.45, 7) is 0. The topological polar surface area (TPSA) is 165 Å². The van der Waals surface area contributed by atoms with E-state index in [-0.39, 0.29) is 28.3 Å². The van der Waals surface area contributed by atoms with Gasteiger partial charge in [0.1, 0.15) is 33.9 Å². The molecule has 3 aromatic rings. The van der Waals surface area contributed by atoms with Gasteiger partial charge in [-0.1, -0.05) is 35.1 Å². The van der Waals surface area contributed by atoms with Gasteiger partial charge in [0, 0.05) is 16.0 Å². The van der Waals surface area contributed by atoms with Crippen molar-refractivity contribution in [2.45, 2.75) is 48.2 Å². The van der Waals surface area contributed by atoms with Crippen molar-refractivity contribution >= 4 is 63.5 Å². The van der Waals surface area contributed by atoms with Gasteiger partial charge in [0.15, 0.2) is 10.8 Å². The van der Waals surface area contributed by atoms with E-state index in [1.165, 1.54) is 28.4 Å². The molecule has 1 saturated heterocycles. The number of nitrogens with two attached hydrogens (primary N) is 1. The number of rotatable bonds is 9. The lowest BCUT2D eigenvalue weighted by Crippen LogP contribution is -2.71. The van der Waals surface area contributed by atoms with Gasteiger partial charge in [0.25, 0.3) is 11.8 Å². The van der Waals surface area contributed by atoms with Crippen LogP contribution in [0.3, 0.4) is 0 Å². The van der Waals surface area contributed by atoms with Crippen LogP contribution in [0.1, 0.15) is 31.4 Å². The molecule has 1 saturated carbocycles. The number of carbonyl (C=O) groups excluding carboxylic acids is 2. The van der Waals surface area contributed by atoms with E-state index in [0.717, 1.165) is 42.7 Å². The first-order valence-corrected chi connectivity index (χ1v) is 15.6. The van der Waals surface area contributed by atoms with Crippen molar-refractivity contribution in [3.63, 3.8) is 0 Å². The van der Waals surface area contributed by atoms with E-state index < -0.39 is 29.2 Å². The summed E-state index contributed by atoms with van der Waals surface area (Å²) in [5, 5.41) is 23.3. The predicted molar refractivity (Wildman–Crippen MR) is 156 cm³/mol. The van der Waals surface area contributed by atoms with Crippen LogP contribution in [0, 0.1) is 0 Å². The maximum Gasteiger partial charge on any atom is 0.353 e. The number of oxime groups is 1. The number of carbonyl (C=O) groups is 3. The molecule has 0 spiro atoms. The lowest BCUT2D eigenvalue weighted by atomic mass is 10.0. The van der Waals surface area contributed by atoms with E-state index in [0.29, 0.717) is 15.7 Å². The van der Waals surface area contributed by atoms with E-state index in [1.54, 1.807) is 22.3 Å². The van der Waals surface area contributed by atoms with Crippen LogP contribution >= 0.6 is 34.9 Å². The number of thioether (sulfide) groups is 2. The Balaban J connectivity index is 1.20. The normalized spacial score (nSPS) is 21.0. The molecule has 2 amide bonds. The summed E-state index contributed by atoms with van der Waals surface area (Å²) < 4.78 is 1.72. The number of hydrogen-bond donors (Lipinski definition) is 3. The van der Waals surface area contributed by atoms with Crippen molar-refractivity contribution in [1.82, 2.24) is 25.0 Å². The van der Waals surface area contributed by atoms with E-state index in [4.69, 9.17) is 10.6 Å². The van der Waals surface area contributed by atoms with Crippen LogP contribution < -0.4 is 11.1 Å². The highest BCUT2D eigenvalue weighted by atomic mass is 32.2. The van der Waals surface area contributed by atoms with Gasteiger partial charge in [-0.15, -0.1) is 23.1 Å². The van der Waals surface area contributed by atoms with Gasteiger partial charge in [-0.2, -0.15) is 5.10 Å². The Morgan fingerprint density at radius 1 is 1.20 bits per heavy atom. The number of aromatic nitrogens is 3. The first-order chi connectivity index (χ1) is 19.9. The molecule has 0 unspecified atom stereocenters. The Morgan fingerprint density at radius 2 is 1.98 bits per heavy atom. The number of para-hydroxylation sites is 1. The average Bonchev–Trinajstić information content (AvgIpc) is 3.75. The molecule has 15 heteroatoms. The molecule has 6 rings (SSSR count). The van der Waals surface area contributed by atoms with Gasteiger partial charge in [0.2, 0.25) is 0 Å². The van der Waals surface area contributed by atoms with Gasteiger partial charge < -0.3 is 21.0 Å². The molecule has 2 fully saturated rings. The number of aliphatic carboxylic acids is 1. The minimum Gasteiger partial charge on any atom is -0.477 e. The second-order valence-electron chi connectivity index (χ2n) is 9.48. The molecule has 212 valence electrons. The number of carboxylic acid groups (broad SMARTS) is 1. The third-order valence-corrected chi connectivity index (χ3v) is 10.1. The Kier molecular flexibility index (Phi) is 7.73. The van der Waals surface area contributed by atoms with E-state index in [1.807, 2.05) is 30.3 Å². The molecular weight excluding hydrogens is 587 g/mol. The monoisotopic (exact) mass is 611 g/mol. The van der Waals surface area contributed by atoms with Crippen molar-refractivity contribution in [3.05, 3.63) is 64.3 Å². The van der Waals surface area contributed by atoms with Crippen molar-refractivity contribution in [1.29, 1.82) is 0 Å². The molecular formula is C26H25N7O5S3. The number of carboxylic acids is 1. The molecule has 41 heavy (non-hydrogen) atoms. The van der Waals surface area contributed by atoms with Crippen LogP contribution in [0.15, 0.2) is 68.8 Å². The van der Waals surface area contributed by atoms with Gasteiger partial charge in [0.05, 0.1) is 11.9 Å². The first-order valence-electron chi connectivity index (χ1n) is 12.8. The van der Waals surface area contributed by atoms with Crippen molar-refractivity contribution in [3.8, 4) is 5.69 Å². The van der Waals surface area contributed by atoms with Crippen LogP contribution in [0.25, 0.3) is 5.69 Å². The summed E-state index contributed by atoms with van der Waals surface area (Å²) in [6, 6.07) is 10.3. The molecule has 4 heterocycles. The fourth-order valence-corrected chi connectivity index (χ4v) is 7.94. The van der Waals surface area contributed by atoms with Crippen molar-refractivity contribution in [2.75, 3.05) is 11.5 Å². The molecule has 1 aromatic carbocycles. The lowest BCUT2D eigenvalue weighted by molar-refractivity contribution is -0.150. The average molecular weight is 612 g/mol. The summed E-state index contributed by atoms with van der Waals surface area (Å²) in [4.78, 5) is 50.5. The number of thiazole rings is 1. The number of nitrogens with zero attached hydrogens (tertiary/aromatic N) is 5. The molecule has 0 bridgehead atoms. The van der Waals surface area contributed by atoms with Crippen LogP contribution in [0.5, 0.6) is 0 Å². The second-order valence-corrected chi connectivity index (χ2v) is 12.6. The summed E-state index contributed by atoms with van der Waals surface area (Å²) >= 11 is 3.79. The van der Waals surface area contributed by atoms with Gasteiger partial charge in [-0.25, -0.2) is 14.5 Å². The van der Waals surface area contributed by atoms with Crippen LogP contribution in [0.4, 0.5) is 5.13 Å². The summed E-state index contributed by atoms with van der Waals surface area (Å²) in [5.74, 6) is -2.04. The molecule has 12 nitrogen and oxygen atoms in total. The summed E-state index contributed by atoms with van der Waals surface area (Å²) in [5.41, 5.74) is 6.69. The maximum atomic E-state index is 13.3. The number of β-lactam (4-membered cyclic amide) rings is 1. The molecule has 3 aliphatic rings. The maximum absolute atomic E-state index is 13.3. The third kappa shape index (κ3) is 5.44. The Bertz CT molecular complexity index is 1550. The standard InChI is InChI=1S/C26H25N7O5S3/c27-26-29-16(12-40-26)19(31-38-15-8-4-5-9-15)22(34)30-20-23(35)32-21(25(36)37)17(13-39-24(20)32)41-18-10-11-28-33(18)14-6-2-1-3-7-14/h1-3,6-7,10-12,15,20,24H,4-5,8-9,13H2,(H2,27,29)(H,30,34)(H,36,37)/t20-,24+/m1/s1. The quantitative estimate of drug-likeness (QED) is 0.186. The lowest BCUT2D eigenvalue weighted by Gasteiger charge is -2.49. The van der Waals surface area contributed by atoms with E-state index >= 15 is 0 Å². The Hall–Kier alpha value is -3.82. The molecule has 4 N–H and O–H groups in total. The molecule has 2 aromatic heterocycles. The number of nitrogen functional groups attached to an aromatic ring is 1. The fourth-order valence-electron chi connectivity index (χ4n) is 4.86. The SMILES string of the molecule is Nc1nc(C(=NOC2CCCC2)C(=O)N[C@@H]2C(=O)N3C(C(=O)O)=C(Sc4ccnn4-c4ccccc4)CS[C@@H]23)cs1. The number of nitrogens with one attached hydrogen (secondary N) is 1. The minimum absolute atomic E-state index is 0.0728. The van der Waals surface area contributed by atoms with Crippen molar-refractivity contribution < 1.29 is 24.3 Å². The number of amides is 2. The zero-order valence-corrected chi connectivity index (χ0v) is 24.0. The van der Waals surface area contributed by atoms with Crippen LogP contribution in [-0.4, -0.2) is 71.5 Å². The number of fused-ring (bicyclic) bond motifs is 1. The van der Waals surface area contributed by atoms with E-state index in [2.05, 4.69) is 20.6 Å². The highest BCUT2D eigenvalue weighted by molar-refractivity contribution is 8.06. The van der Waals surface area contributed by atoms with Crippen molar-refractivity contribution in [2.24, 2.45) is 5.16 Å². The number of benzene rings is 1. The number of anilines is 1. The molecule has 0 radical (unpaired) electrons. The summed E-state index contributed by atoms with van der Waals surface area (Å²) in [7, 11) is 0. The Labute approximate surface area is 247 Å². The van der Waals surface area contributed by atoms with Crippen LogP contribution in [0.2, 0.25) is 0 Å². The molecule has 1 aliphatic carbocycles. The Morgan fingerprint density at radius 3 is 2.68 bits per heavy atom. The largest absolute Gasteiger partial charge is 0.477 e. The molecule has 2 aliphatic heterocycles. The first kappa shape index (κ1) is 27.4. The fraction of sp³-hybridized carbons (Fsp3) is 0.308.